The van der Waals surface area contributed by atoms with Gasteiger partial charge in [0.25, 0.3) is 5.91 Å². The number of aromatic carboxylic acids is 1. The number of rotatable bonds is 8. The first-order valence-corrected chi connectivity index (χ1v) is 10.2. The van der Waals surface area contributed by atoms with Crippen molar-refractivity contribution in [1.29, 1.82) is 5.41 Å². The third-order valence-electron chi connectivity index (χ3n) is 5.08. The van der Waals surface area contributed by atoms with Crippen LogP contribution in [0.4, 0.5) is 8.78 Å². The molecule has 0 saturated heterocycles. The second-order valence-corrected chi connectivity index (χ2v) is 7.46. The predicted octanol–water partition coefficient (Wildman–Crippen LogP) is 4.04. The number of carboxylic acid groups (broad SMARTS) is 1. The molecule has 1 amide bonds. The average Bonchev–Trinajstić information content (AvgIpc) is 2.79. The Kier molecular flexibility index (Phi) is 7.50. The summed E-state index contributed by atoms with van der Waals surface area (Å²) in [5, 5.41) is 19.9. The molecule has 3 rings (SSSR count). The summed E-state index contributed by atoms with van der Waals surface area (Å²) in [5.41, 5.74) is 7.14. The molecule has 0 fully saturated rings. The van der Waals surface area contributed by atoms with E-state index in [4.69, 9.17) is 16.2 Å². The second kappa shape index (κ2) is 10.5. The topological polar surface area (TPSA) is 116 Å². The molecule has 6 nitrogen and oxygen atoms in total. The van der Waals surface area contributed by atoms with Crippen LogP contribution in [-0.4, -0.2) is 35.4 Å². The summed E-state index contributed by atoms with van der Waals surface area (Å²) in [6, 6.07) is 10.3. The Hall–Kier alpha value is -4.07. The summed E-state index contributed by atoms with van der Waals surface area (Å²) in [5.74, 6) is -2.31. The number of carbonyl (C=O) groups is 2. The quantitative estimate of drug-likeness (QED) is 0.453. The maximum Gasteiger partial charge on any atom is 0.335 e. The van der Waals surface area contributed by atoms with E-state index in [1.807, 2.05) is 0 Å². The molecule has 0 spiro atoms. The summed E-state index contributed by atoms with van der Waals surface area (Å²) in [7, 11) is 0. The molecule has 1 aliphatic carbocycles. The van der Waals surface area contributed by atoms with Crippen LogP contribution in [-0.2, 0) is 6.42 Å². The number of alkyl halides is 1. The van der Waals surface area contributed by atoms with E-state index in [0.29, 0.717) is 12.0 Å². The molecule has 1 atom stereocenters. The van der Waals surface area contributed by atoms with Gasteiger partial charge in [0, 0.05) is 24.2 Å². The van der Waals surface area contributed by atoms with Crippen molar-refractivity contribution in [3.05, 3.63) is 100 Å². The largest absolute Gasteiger partial charge is 0.478 e. The van der Waals surface area contributed by atoms with Crippen molar-refractivity contribution in [1.82, 2.24) is 5.32 Å². The van der Waals surface area contributed by atoms with Gasteiger partial charge in [-0.05, 0) is 54.0 Å². The Labute approximate surface area is 189 Å². The van der Waals surface area contributed by atoms with E-state index in [1.165, 1.54) is 48.6 Å². The Morgan fingerprint density at radius 3 is 2.70 bits per heavy atom. The molecule has 33 heavy (non-hydrogen) atoms. The molecular formula is C25H23F2N3O3. The number of carboxylic acids is 1. The van der Waals surface area contributed by atoms with Crippen LogP contribution in [0.3, 0.4) is 0 Å². The van der Waals surface area contributed by atoms with Gasteiger partial charge in [-0.25, -0.2) is 13.6 Å². The summed E-state index contributed by atoms with van der Waals surface area (Å²) >= 11 is 0. The third-order valence-corrected chi connectivity index (χ3v) is 5.08. The lowest BCUT2D eigenvalue weighted by Crippen LogP contribution is -2.27. The molecule has 0 heterocycles. The maximum atomic E-state index is 14.6. The molecule has 1 unspecified atom stereocenters. The van der Waals surface area contributed by atoms with E-state index in [-0.39, 0.29) is 41.1 Å². The van der Waals surface area contributed by atoms with Crippen LogP contribution in [0.25, 0.3) is 5.70 Å². The van der Waals surface area contributed by atoms with Gasteiger partial charge in [0.1, 0.15) is 12.0 Å². The van der Waals surface area contributed by atoms with Gasteiger partial charge in [-0.1, -0.05) is 30.4 Å². The number of nitrogens with one attached hydrogen (secondary N) is 2. The minimum absolute atomic E-state index is 0.00725. The van der Waals surface area contributed by atoms with Crippen molar-refractivity contribution in [2.24, 2.45) is 5.73 Å². The van der Waals surface area contributed by atoms with Gasteiger partial charge in [0.2, 0.25) is 0 Å². The number of hydrogen-bond acceptors (Lipinski definition) is 4. The van der Waals surface area contributed by atoms with Crippen LogP contribution in [0.15, 0.2) is 72.3 Å². The lowest BCUT2D eigenvalue weighted by molar-refractivity contribution is 0.0696. The van der Waals surface area contributed by atoms with Crippen molar-refractivity contribution < 1.29 is 23.5 Å². The molecular weight excluding hydrogens is 428 g/mol. The molecule has 0 saturated carbocycles. The van der Waals surface area contributed by atoms with Gasteiger partial charge in [0.15, 0.2) is 0 Å². The number of halogens is 2. The van der Waals surface area contributed by atoms with Gasteiger partial charge < -0.3 is 21.6 Å². The van der Waals surface area contributed by atoms with Crippen LogP contribution in [0.5, 0.6) is 0 Å². The minimum Gasteiger partial charge on any atom is -0.478 e. The number of nitrogens with two attached hydrogens (primary N) is 1. The van der Waals surface area contributed by atoms with Crippen LogP contribution in [0, 0.1) is 11.2 Å². The molecule has 1 aliphatic rings. The molecule has 0 aliphatic heterocycles. The van der Waals surface area contributed by atoms with Gasteiger partial charge in [-0.3, -0.25) is 4.79 Å². The highest BCUT2D eigenvalue weighted by molar-refractivity contribution is 6.12. The van der Waals surface area contributed by atoms with Crippen LogP contribution >= 0.6 is 0 Å². The van der Waals surface area contributed by atoms with Gasteiger partial charge in [-0.2, -0.15) is 0 Å². The zero-order chi connectivity index (χ0) is 24.0. The van der Waals surface area contributed by atoms with Gasteiger partial charge >= 0.3 is 5.97 Å². The highest BCUT2D eigenvalue weighted by Crippen LogP contribution is 2.22. The molecule has 2 aromatic rings. The number of benzene rings is 2. The number of carbonyl (C=O) groups excluding carboxylic acids is 1. The zero-order valence-corrected chi connectivity index (χ0v) is 17.6. The Morgan fingerprint density at radius 1 is 1.24 bits per heavy atom. The Bertz CT molecular complexity index is 1190. The summed E-state index contributed by atoms with van der Waals surface area (Å²) in [4.78, 5) is 23.8. The summed E-state index contributed by atoms with van der Waals surface area (Å²) in [6.07, 6.45) is 5.02. The van der Waals surface area contributed by atoms with Crippen molar-refractivity contribution >= 4 is 23.3 Å². The SMILES string of the molecule is N=C(C=C(N)c1c(F)cccc1C(=O)NCCc1cccc(C(=O)O)c1)C1=CCC(F)C=C1. The first-order valence-electron chi connectivity index (χ1n) is 10.2. The molecule has 0 radical (unpaired) electrons. The van der Waals surface area contributed by atoms with Crippen LogP contribution in [0.1, 0.15) is 38.3 Å². The van der Waals surface area contributed by atoms with E-state index in [2.05, 4.69) is 5.32 Å². The Balaban J connectivity index is 1.74. The van der Waals surface area contributed by atoms with Crippen molar-refractivity contribution in [2.45, 2.75) is 19.0 Å². The van der Waals surface area contributed by atoms with Crippen molar-refractivity contribution in [2.75, 3.05) is 6.54 Å². The fraction of sp³-hybridized carbons (Fsp3) is 0.160. The zero-order valence-electron chi connectivity index (χ0n) is 17.6. The van der Waals surface area contributed by atoms with Gasteiger partial charge in [-0.15, -0.1) is 0 Å². The predicted molar refractivity (Wildman–Crippen MR) is 122 cm³/mol. The first kappa shape index (κ1) is 23.6. The Morgan fingerprint density at radius 2 is 2.00 bits per heavy atom. The molecule has 8 heteroatoms. The smallest absolute Gasteiger partial charge is 0.335 e. The van der Waals surface area contributed by atoms with Gasteiger partial charge in [0.05, 0.1) is 16.8 Å². The van der Waals surface area contributed by atoms with E-state index < -0.39 is 23.9 Å². The highest BCUT2D eigenvalue weighted by atomic mass is 19.1. The maximum absolute atomic E-state index is 14.6. The molecule has 2 aromatic carbocycles. The van der Waals surface area contributed by atoms with Crippen molar-refractivity contribution in [3.8, 4) is 0 Å². The molecule has 0 bridgehead atoms. The monoisotopic (exact) mass is 451 g/mol. The number of allylic oxidation sites excluding steroid dienone is 5. The van der Waals surface area contributed by atoms with E-state index in [9.17, 15) is 18.4 Å². The first-order chi connectivity index (χ1) is 15.8. The lowest BCUT2D eigenvalue weighted by atomic mass is 9.98. The fourth-order valence-electron chi connectivity index (χ4n) is 3.39. The van der Waals surface area contributed by atoms with Crippen LogP contribution in [0.2, 0.25) is 0 Å². The van der Waals surface area contributed by atoms with E-state index in [1.54, 1.807) is 18.2 Å². The summed E-state index contributed by atoms with van der Waals surface area (Å²) < 4.78 is 27.9. The fourth-order valence-corrected chi connectivity index (χ4v) is 3.39. The molecule has 0 aromatic heterocycles. The van der Waals surface area contributed by atoms with Crippen LogP contribution < -0.4 is 11.1 Å². The molecule has 170 valence electrons. The summed E-state index contributed by atoms with van der Waals surface area (Å²) in [6.45, 7) is 0.194. The third kappa shape index (κ3) is 6.00. The normalized spacial score (nSPS) is 15.6. The number of amides is 1. The highest BCUT2D eigenvalue weighted by Gasteiger charge is 2.18. The van der Waals surface area contributed by atoms with Crippen molar-refractivity contribution in [3.63, 3.8) is 0 Å². The average molecular weight is 451 g/mol. The second-order valence-electron chi connectivity index (χ2n) is 7.46. The number of hydrogen-bond donors (Lipinski definition) is 4. The lowest BCUT2D eigenvalue weighted by Gasteiger charge is -2.13. The van der Waals surface area contributed by atoms with E-state index in [0.717, 1.165) is 5.56 Å². The minimum atomic E-state index is -1.10. The standard InChI is InChI=1S/C25H23F2N3O3/c26-18-9-7-16(8-10-18)21(28)14-22(29)23-19(5-2-6-20(23)27)24(31)30-12-11-15-3-1-4-17(13-15)25(32)33/h1-9,13-14,18,28H,10-12,29H2,(H,30,31)(H,32,33). The molecule has 5 N–H and O–H groups in total. The van der Waals surface area contributed by atoms with E-state index >= 15 is 0 Å².